The van der Waals surface area contributed by atoms with Gasteiger partial charge in [0.05, 0.1) is 0 Å². The maximum Gasteiger partial charge on any atom is 0.355 e. The molecule has 1 aliphatic carbocycles. The predicted octanol–water partition coefficient (Wildman–Crippen LogP) is 1.51. The molecule has 1 saturated heterocycles. The van der Waals surface area contributed by atoms with E-state index in [0.717, 1.165) is 44.9 Å². The minimum Gasteiger partial charge on any atom is -0.448 e. The fourth-order valence-electron chi connectivity index (χ4n) is 3.91. The smallest absolute Gasteiger partial charge is 0.355 e. The fraction of sp³-hybridized carbons (Fsp3) is 0.650. The van der Waals surface area contributed by atoms with Crippen LogP contribution in [0.1, 0.15) is 62.4 Å². The van der Waals surface area contributed by atoms with Gasteiger partial charge in [0.2, 0.25) is 10.0 Å². The average molecular weight is 455 g/mol. The van der Waals surface area contributed by atoms with E-state index in [1.807, 2.05) is 0 Å². The Bertz CT molecular complexity index is 929. The highest BCUT2D eigenvalue weighted by Gasteiger charge is 2.30. The van der Waals surface area contributed by atoms with Crippen LogP contribution in [0.3, 0.4) is 0 Å². The number of hydrogen-bond donors (Lipinski definition) is 2. The number of imide groups is 1. The zero-order valence-corrected chi connectivity index (χ0v) is 18.7. The second kappa shape index (κ2) is 9.82. The van der Waals surface area contributed by atoms with Crippen molar-refractivity contribution in [3.63, 3.8) is 0 Å². The first-order valence-electron chi connectivity index (χ1n) is 10.7. The Morgan fingerprint density at radius 1 is 1.10 bits per heavy atom. The van der Waals surface area contributed by atoms with Crippen LogP contribution in [0.15, 0.2) is 17.2 Å². The Hall–Kier alpha value is -2.40. The lowest BCUT2D eigenvalue weighted by Gasteiger charge is -2.23. The third-order valence-electron chi connectivity index (χ3n) is 5.72. The molecular formula is C20H30N4O6S. The number of rotatable bonds is 6. The Kier molecular flexibility index (Phi) is 7.37. The van der Waals surface area contributed by atoms with Crippen LogP contribution in [0.4, 0.5) is 4.79 Å². The van der Waals surface area contributed by atoms with Gasteiger partial charge >= 0.3 is 12.0 Å². The number of nitrogens with zero attached hydrogens (tertiary/aromatic N) is 2. The number of carbonyl (C=O) groups excluding carboxylic acids is 3. The van der Waals surface area contributed by atoms with E-state index in [1.165, 1.54) is 35.1 Å². The van der Waals surface area contributed by atoms with E-state index in [2.05, 4.69) is 10.6 Å². The third kappa shape index (κ3) is 5.65. The van der Waals surface area contributed by atoms with E-state index < -0.39 is 34.0 Å². The van der Waals surface area contributed by atoms with E-state index in [4.69, 9.17) is 4.74 Å². The first kappa shape index (κ1) is 23.3. The number of hydrogen-bond acceptors (Lipinski definition) is 6. The monoisotopic (exact) mass is 454 g/mol. The number of carbonyl (C=O) groups is 3. The maximum absolute atomic E-state index is 12.7. The summed E-state index contributed by atoms with van der Waals surface area (Å²) in [5, 5.41) is 4.95. The van der Waals surface area contributed by atoms with Crippen LogP contribution in [-0.4, -0.2) is 60.4 Å². The maximum atomic E-state index is 12.7. The van der Waals surface area contributed by atoms with Crippen molar-refractivity contribution in [3.8, 4) is 0 Å². The molecule has 10 nitrogen and oxygen atoms in total. The lowest BCUT2D eigenvalue weighted by Crippen LogP contribution is -2.48. The van der Waals surface area contributed by atoms with E-state index >= 15 is 0 Å². The van der Waals surface area contributed by atoms with Crippen molar-refractivity contribution in [1.29, 1.82) is 0 Å². The van der Waals surface area contributed by atoms with Crippen molar-refractivity contribution in [2.24, 2.45) is 7.05 Å². The van der Waals surface area contributed by atoms with Crippen LogP contribution in [0.25, 0.3) is 0 Å². The van der Waals surface area contributed by atoms with Crippen molar-refractivity contribution < 1.29 is 27.5 Å². The number of esters is 1. The van der Waals surface area contributed by atoms with Crippen LogP contribution in [0.5, 0.6) is 0 Å². The van der Waals surface area contributed by atoms with Gasteiger partial charge in [-0.3, -0.25) is 10.1 Å². The number of sulfonamides is 1. The number of amides is 3. The zero-order chi connectivity index (χ0) is 22.6. The zero-order valence-electron chi connectivity index (χ0n) is 17.9. The number of nitrogens with one attached hydrogen (secondary N) is 2. The molecular weight excluding hydrogens is 424 g/mol. The van der Waals surface area contributed by atoms with Gasteiger partial charge in [0.1, 0.15) is 10.6 Å². The molecule has 172 valence electrons. The summed E-state index contributed by atoms with van der Waals surface area (Å²) in [7, 11) is -2.15. The highest BCUT2D eigenvalue weighted by atomic mass is 32.2. The first-order chi connectivity index (χ1) is 14.7. The van der Waals surface area contributed by atoms with E-state index in [0.29, 0.717) is 13.1 Å². The summed E-state index contributed by atoms with van der Waals surface area (Å²) in [5.74, 6) is -1.60. The number of urea groups is 1. The van der Waals surface area contributed by atoms with E-state index in [9.17, 15) is 22.8 Å². The van der Waals surface area contributed by atoms with Crippen LogP contribution in [-0.2, 0) is 26.6 Å². The fourth-order valence-corrected chi connectivity index (χ4v) is 5.50. The summed E-state index contributed by atoms with van der Waals surface area (Å²) in [6.07, 6.45) is 6.73. The van der Waals surface area contributed by atoms with Gasteiger partial charge in [0, 0.05) is 32.4 Å². The molecule has 3 rings (SSSR count). The van der Waals surface area contributed by atoms with E-state index in [1.54, 1.807) is 0 Å². The molecule has 2 heterocycles. The number of aryl methyl sites for hydroxylation is 1. The highest BCUT2D eigenvalue weighted by molar-refractivity contribution is 7.89. The predicted molar refractivity (Wildman–Crippen MR) is 112 cm³/mol. The Morgan fingerprint density at radius 2 is 1.74 bits per heavy atom. The first-order valence-corrected chi connectivity index (χ1v) is 12.1. The standard InChI is InChI=1S/C20H30N4O6S/c1-14(18(25)22-20(27)21-15-8-4-3-5-9-15)30-19(26)17-12-16(13-23(17)2)31(28,29)24-10-6-7-11-24/h12-15H,3-11H2,1-2H3,(H2,21,22,25,27). The molecule has 2 N–H and O–H groups in total. The molecule has 0 radical (unpaired) electrons. The Labute approximate surface area is 182 Å². The summed E-state index contributed by atoms with van der Waals surface area (Å²) in [5.41, 5.74) is 0.00378. The van der Waals surface area contributed by atoms with Crippen molar-refractivity contribution in [1.82, 2.24) is 19.5 Å². The van der Waals surface area contributed by atoms with Gasteiger partial charge in [0.25, 0.3) is 5.91 Å². The summed E-state index contributed by atoms with van der Waals surface area (Å²) >= 11 is 0. The van der Waals surface area contributed by atoms with Crippen LogP contribution in [0.2, 0.25) is 0 Å². The van der Waals surface area contributed by atoms with Crippen LogP contribution >= 0.6 is 0 Å². The van der Waals surface area contributed by atoms with E-state index in [-0.39, 0.29) is 16.6 Å². The number of ether oxygens (including phenoxy) is 1. The average Bonchev–Trinajstić information content (AvgIpc) is 3.39. The molecule has 1 aromatic heterocycles. The Balaban J connectivity index is 1.57. The molecule has 11 heteroatoms. The molecule has 2 fully saturated rings. The van der Waals surface area contributed by atoms with Gasteiger partial charge in [-0.15, -0.1) is 0 Å². The Morgan fingerprint density at radius 3 is 2.39 bits per heavy atom. The van der Waals surface area contributed by atoms with Gasteiger partial charge in [-0.2, -0.15) is 4.31 Å². The summed E-state index contributed by atoms with van der Waals surface area (Å²) in [4.78, 5) is 36.8. The SMILES string of the molecule is CC(OC(=O)c1cc(S(=O)(=O)N2CCCC2)cn1C)C(=O)NC(=O)NC1CCCCC1. The van der Waals surface area contributed by atoms with Gasteiger partial charge in [-0.05, 0) is 38.7 Å². The van der Waals surface area contributed by atoms with Gasteiger partial charge in [0.15, 0.2) is 6.10 Å². The summed E-state index contributed by atoms with van der Waals surface area (Å²) < 4.78 is 33.3. The molecule has 31 heavy (non-hydrogen) atoms. The molecule has 0 bridgehead atoms. The molecule has 1 saturated carbocycles. The normalized spacial score (nSPS) is 19.0. The van der Waals surface area contributed by atoms with Crippen molar-refractivity contribution in [2.45, 2.75) is 68.9 Å². The quantitative estimate of drug-likeness (QED) is 0.628. The lowest BCUT2D eigenvalue weighted by atomic mass is 9.96. The van der Waals surface area contributed by atoms with Crippen molar-refractivity contribution in [3.05, 3.63) is 18.0 Å². The molecule has 1 atom stereocenters. The second-order valence-electron chi connectivity index (χ2n) is 8.13. The van der Waals surface area contributed by atoms with Gasteiger partial charge < -0.3 is 14.6 Å². The second-order valence-corrected chi connectivity index (χ2v) is 10.1. The molecule has 0 aromatic carbocycles. The topological polar surface area (TPSA) is 127 Å². The molecule has 1 unspecified atom stereocenters. The summed E-state index contributed by atoms with van der Waals surface area (Å²) in [6.45, 7) is 2.26. The molecule has 0 spiro atoms. The lowest BCUT2D eigenvalue weighted by molar-refractivity contribution is -0.127. The third-order valence-corrected chi connectivity index (χ3v) is 7.59. The largest absolute Gasteiger partial charge is 0.448 e. The highest BCUT2D eigenvalue weighted by Crippen LogP contribution is 2.23. The number of aromatic nitrogens is 1. The van der Waals surface area contributed by atoms with Gasteiger partial charge in [-0.25, -0.2) is 18.0 Å². The summed E-state index contributed by atoms with van der Waals surface area (Å²) in [6, 6.07) is 0.674. The van der Waals surface area contributed by atoms with Crippen molar-refractivity contribution in [2.75, 3.05) is 13.1 Å². The molecule has 1 aromatic rings. The minimum absolute atomic E-state index is 0.00378. The van der Waals surface area contributed by atoms with Crippen LogP contribution < -0.4 is 10.6 Å². The van der Waals surface area contributed by atoms with Crippen LogP contribution in [0, 0.1) is 0 Å². The van der Waals surface area contributed by atoms with Crippen molar-refractivity contribution >= 4 is 27.9 Å². The van der Waals surface area contributed by atoms with Gasteiger partial charge in [-0.1, -0.05) is 19.3 Å². The molecule has 3 amide bonds. The molecule has 2 aliphatic rings. The minimum atomic E-state index is -3.68. The molecule has 1 aliphatic heterocycles.